The Hall–Kier alpha value is -1.12. The fourth-order valence-electron chi connectivity index (χ4n) is 1.49. The fraction of sp³-hybridized carbons (Fsp3) is 0.556. The van der Waals surface area contributed by atoms with Crippen LogP contribution in [-0.4, -0.2) is 11.7 Å². The van der Waals surface area contributed by atoms with Crippen molar-refractivity contribution in [1.82, 2.24) is 0 Å². The smallest absolute Gasteiger partial charge is 0.244 e. The molecule has 1 rings (SSSR count). The van der Waals surface area contributed by atoms with Crippen LogP contribution in [0.4, 0.5) is 0 Å². The number of rotatable bonds is 2. The molecule has 2 N–H and O–H groups in total. The normalized spacial score (nSPS) is 19.2. The molecule has 66 valence electrons. The number of carbonyl (C=O) groups excluding carboxylic acids is 2. The number of hydrogen-bond donors (Lipinski definition) is 1. The van der Waals surface area contributed by atoms with Gasteiger partial charge in [0.1, 0.15) is 5.78 Å². The number of hydrogen-bond acceptors (Lipinski definition) is 2. The highest BCUT2D eigenvalue weighted by Gasteiger charge is 2.22. The highest BCUT2D eigenvalue weighted by atomic mass is 16.1. The zero-order chi connectivity index (χ0) is 9.14. The van der Waals surface area contributed by atoms with Gasteiger partial charge in [-0.1, -0.05) is 6.58 Å². The van der Waals surface area contributed by atoms with Crippen LogP contribution >= 0.6 is 0 Å². The van der Waals surface area contributed by atoms with E-state index < -0.39 is 5.91 Å². The minimum absolute atomic E-state index is 0.139. The van der Waals surface area contributed by atoms with Crippen molar-refractivity contribution in [2.45, 2.75) is 25.7 Å². The molecule has 0 bridgehead atoms. The number of nitrogens with two attached hydrogens (primary N) is 1. The van der Waals surface area contributed by atoms with Crippen molar-refractivity contribution >= 4 is 11.7 Å². The van der Waals surface area contributed by atoms with Crippen LogP contribution < -0.4 is 5.73 Å². The largest absolute Gasteiger partial charge is 0.366 e. The third-order valence-corrected chi connectivity index (χ3v) is 2.35. The summed E-state index contributed by atoms with van der Waals surface area (Å²) in [5.41, 5.74) is 5.55. The molecule has 1 fully saturated rings. The molecule has 0 spiro atoms. The predicted molar refractivity (Wildman–Crippen MR) is 45.3 cm³/mol. The first-order valence-electron chi connectivity index (χ1n) is 4.11. The minimum atomic E-state index is -0.436. The van der Waals surface area contributed by atoms with Gasteiger partial charge in [0.05, 0.1) is 0 Å². The lowest BCUT2D eigenvalue weighted by Crippen LogP contribution is -2.23. The molecular formula is C9H13NO2. The second-order valence-corrected chi connectivity index (χ2v) is 3.20. The summed E-state index contributed by atoms with van der Waals surface area (Å²) >= 11 is 0. The molecule has 0 aromatic heterocycles. The van der Waals surface area contributed by atoms with Crippen molar-refractivity contribution in [3.8, 4) is 0 Å². The Morgan fingerprint density at radius 2 is 1.92 bits per heavy atom. The van der Waals surface area contributed by atoms with Gasteiger partial charge in [0.25, 0.3) is 0 Å². The van der Waals surface area contributed by atoms with Crippen LogP contribution in [0.3, 0.4) is 0 Å². The highest BCUT2D eigenvalue weighted by molar-refractivity contribution is 5.92. The Labute approximate surface area is 71.6 Å². The lowest BCUT2D eigenvalue weighted by Gasteiger charge is -2.20. The average Bonchev–Trinajstić information content (AvgIpc) is 2.04. The summed E-state index contributed by atoms with van der Waals surface area (Å²) in [5.74, 6) is -0.0157. The van der Waals surface area contributed by atoms with Gasteiger partial charge in [-0.2, -0.15) is 0 Å². The average molecular weight is 167 g/mol. The van der Waals surface area contributed by atoms with Gasteiger partial charge in [-0.15, -0.1) is 0 Å². The summed E-state index contributed by atoms with van der Waals surface area (Å²) in [7, 11) is 0. The van der Waals surface area contributed by atoms with E-state index in [1.807, 2.05) is 0 Å². The molecule has 12 heavy (non-hydrogen) atoms. The van der Waals surface area contributed by atoms with E-state index in [2.05, 4.69) is 6.58 Å². The summed E-state index contributed by atoms with van der Waals surface area (Å²) in [6.45, 7) is 3.62. The topological polar surface area (TPSA) is 60.2 Å². The molecule has 0 saturated heterocycles. The van der Waals surface area contributed by atoms with E-state index >= 15 is 0 Å². The first-order chi connectivity index (χ1) is 5.61. The van der Waals surface area contributed by atoms with Crippen molar-refractivity contribution in [2.75, 3.05) is 0 Å². The van der Waals surface area contributed by atoms with Crippen LogP contribution in [0.15, 0.2) is 12.2 Å². The zero-order valence-electron chi connectivity index (χ0n) is 7.01. The van der Waals surface area contributed by atoms with Crippen molar-refractivity contribution in [1.29, 1.82) is 0 Å². The van der Waals surface area contributed by atoms with Crippen molar-refractivity contribution in [2.24, 2.45) is 11.7 Å². The molecule has 0 radical (unpaired) electrons. The third-order valence-electron chi connectivity index (χ3n) is 2.35. The van der Waals surface area contributed by atoms with Crippen LogP contribution in [0.25, 0.3) is 0 Å². The molecule has 0 aromatic carbocycles. The molecule has 0 aliphatic heterocycles. The second kappa shape index (κ2) is 3.52. The number of carbonyl (C=O) groups is 2. The maximum atomic E-state index is 10.9. The molecule has 3 heteroatoms. The van der Waals surface area contributed by atoms with Gasteiger partial charge >= 0.3 is 0 Å². The Bertz CT molecular complexity index is 223. The van der Waals surface area contributed by atoms with Crippen LogP contribution in [0, 0.1) is 5.92 Å². The molecule has 1 saturated carbocycles. The maximum absolute atomic E-state index is 10.9. The molecule has 0 heterocycles. The Balaban J connectivity index is 2.50. The Morgan fingerprint density at radius 1 is 1.42 bits per heavy atom. The zero-order valence-corrected chi connectivity index (χ0v) is 7.01. The van der Waals surface area contributed by atoms with E-state index in [4.69, 9.17) is 5.73 Å². The molecule has 1 aliphatic carbocycles. The van der Waals surface area contributed by atoms with Gasteiger partial charge in [-0.05, 0) is 18.8 Å². The van der Waals surface area contributed by atoms with Gasteiger partial charge in [-0.25, -0.2) is 0 Å². The summed E-state index contributed by atoms with van der Waals surface area (Å²) < 4.78 is 0. The number of Topliss-reactive ketones (excluding diaryl/α,β-unsaturated/α-hetero) is 1. The van der Waals surface area contributed by atoms with Gasteiger partial charge in [0.2, 0.25) is 5.91 Å². The van der Waals surface area contributed by atoms with E-state index in [1.54, 1.807) is 0 Å². The molecule has 0 unspecified atom stereocenters. The third kappa shape index (κ3) is 1.94. The summed E-state index contributed by atoms with van der Waals surface area (Å²) in [6, 6.07) is 0. The summed E-state index contributed by atoms with van der Waals surface area (Å²) in [6.07, 6.45) is 2.61. The van der Waals surface area contributed by atoms with E-state index in [0.29, 0.717) is 18.4 Å². The van der Waals surface area contributed by atoms with Crippen LogP contribution in [0.2, 0.25) is 0 Å². The molecule has 0 aromatic rings. The molecule has 1 aliphatic rings. The fourth-order valence-corrected chi connectivity index (χ4v) is 1.49. The van der Waals surface area contributed by atoms with Gasteiger partial charge in [-0.3, -0.25) is 9.59 Å². The predicted octanol–water partition coefficient (Wildman–Crippen LogP) is 0.787. The number of amides is 1. The first-order valence-corrected chi connectivity index (χ1v) is 4.11. The first kappa shape index (κ1) is 8.97. The summed E-state index contributed by atoms with van der Waals surface area (Å²) in [4.78, 5) is 21.6. The van der Waals surface area contributed by atoms with Crippen LogP contribution in [0.5, 0.6) is 0 Å². The lowest BCUT2D eigenvalue weighted by molar-refractivity contribution is -0.121. The van der Waals surface area contributed by atoms with Crippen molar-refractivity contribution in [3.63, 3.8) is 0 Å². The monoisotopic (exact) mass is 167 g/mol. The van der Waals surface area contributed by atoms with Crippen molar-refractivity contribution in [3.05, 3.63) is 12.2 Å². The highest BCUT2D eigenvalue weighted by Crippen LogP contribution is 2.26. The van der Waals surface area contributed by atoms with Gasteiger partial charge in [0, 0.05) is 18.4 Å². The van der Waals surface area contributed by atoms with E-state index in [9.17, 15) is 9.59 Å². The molecule has 3 nitrogen and oxygen atoms in total. The lowest BCUT2D eigenvalue weighted by atomic mass is 9.83. The second-order valence-electron chi connectivity index (χ2n) is 3.20. The quantitative estimate of drug-likeness (QED) is 0.618. The Morgan fingerprint density at radius 3 is 2.33 bits per heavy atom. The van der Waals surface area contributed by atoms with Crippen LogP contribution in [0.1, 0.15) is 25.7 Å². The van der Waals surface area contributed by atoms with E-state index in [-0.39, 0.29) is 11.7 Å². The molecule has 0 atom stereocenters. The van der Waals surface area contributed by atoms with Gasteiger partial charge in [0.15, 0.2) is 0 Å². The standard InChI is InChI=1S/C9H13NO2/c1-6(9(10)12)7-2-4-8(11)5-3-7/h7H,1-5H2,(H2,10,12). The molecule has 1 amide bonds. The SMILES string of the molecule is C=C(C(N)=O)C1CCC(=O)CC1. The van der Waals surface area contributed by atoms with E-state index in [1.165, 1.54) is 0 Å². The maximum Gasteiger partial charge on any atom is 0.244 e. The van der Waals surface area contributed by atoms with Crippen molar-refractivity contribution < 1.29 is 9.59 Å². The Kier molecular flexibility index (Phi) is 2.63. The molecular weight excluding hydrogens is 154 g/mol. The summed E-state index contributed by atoms with van der Waals surface area (Å²) in [5, 5.41) is 0. The van der Waals surface area contributed by atoms with Gasteiger partial charge < -0.3 is 5.73 Å². The number of primary amides is 1. The number of ketones is 1. The van der Waals surface area contributed by atoms with Crippen LogP contribution in [-0.2, 0) is 9.59 Å². The van der Waals surface area contributed by atoms with E-state index in [0.717, 1.165) is 12.8 Å². The minimum Gasteiger partial charge on any atom is -0.366 e.